The van der Waals surface area contributed by atoms with Gasteiger partial charge in [-0.1, -0.05) is 11.8 Å². The van der Waals surface area contributed by atoms with Gasteiger partial charge in [0.1, 0.15) is 6.04 Å². The zero-order chi connectivity index (χ0) is 14.3. The number of hydrogen-bond donors (Lipinski definition) is 3. The molecular formula is C10H16N2O5S. The van der Waals surface area contributed by atoms with Crippen molar-refractivity contribution >= 4 is 34.7 Å². The third-order valence-corrected chi connectivity index (χ3v) is 2.98. The Kier molecular flexibility index (Phi) is 7.03. The number of carbonyl (C=O) groups excluding carboxylic acids is 3. The molecule has 0 spiro atoms. The molecule has 18 heavy (non-hydrogen) atoms. The Morgan fingerprint density at radius 1 is 1.11 bits per heavy atom. The van der Waals surface area contributed by atoms with Crippen molar-refractivity contribution in [1.82, 2.24) is 10.6 Å². The maximum Gasteiger partial charge on any atom is 0.327 e. The fourth-order valence-electron chi connectivity index (χ4n) is 1.07. The Morgan fingerprint density at radius 2 is 1.61 bits per heavy atom. The van der Waals surface area contributed by atoms with Gasteiger partial charge in [0.2, 0.25) is 16.9 Å². The lowest BCUT2D eigenvalue weighted by Gasteiger charge is -2.14. The summed E-state index contributed by atoms with van der Waals surface area (Å²) >= 11 is 0.756. The number of carboxylic acids is 1. The van der Waals surface area contributed by atoms with Crippen LogP contribution in [0.25, 0.3) is 0 Å². The van der Waals surface area contributed by atoms with Gasteiger partial charge < -0.3 is 15.7 Å². The van der Waals surface area contributed by atoms with Crippen LogP contribution in [0.1, 0.15) is 20.8 Å². The number of rotatable bonds is 6. The molecule has 0 aromatic rings. The van der Waals surface area contributed by atoms with Gasteiger partial charge in [-0.2, -0.15) is 0 Å². The number of carbonyl (C=O) groups is 4. The van der Waals surface area contributed by atoms with E-state index in [1.165, 1.54) is 20.8 Å². The molecular weight excluding hydrogens is 260 g/mol. The van der Waals surface area contributed by atoms with E-state index < -0.39 is 24.0 Å². The van der Waals surface area contributed by atoms with Crippen molar-refractivity contribution in [3.8, 4) is 0 Å². The summed E-state index contributed by atoms with van der Waals surface area (Å²) in [5, 5.41) is 13.1. The van der Waals surface area contributed by atoms with E-state index in [1.54, 1.807) is 0 Å². The summed E-state index contributed by atoms with van der Waals surface area (Å²) in [6, 6.07) is -1.82. The summed E-state index contributed by atoms with van der Waals surface area (Å²) in [5.74, 6) is -2.12. The maximum absolute atomic E-state index is 11.5. The molecule has 0 bridgehead atoms. The SMILES string of the molecule is CC(=O)N[C@@H](C)C(=O)SC[C@H](NC(C)=O)C(=O)O. The van der Waals surface area contributed by atoms with E-state index in [9.17, 15) is 19.2 Å². The molecule has 102 valence electrons. The third-order valence-electron chi connectivity index (χ3n) is 1.84. The van der Waals surface area contributed by atoms with Gasteiger partial charge in [-0.15, -0.1) is 0 Å². The first-order valence-electron chi connectivity index (χ1n) is 5.17. The van der Waals surface area contributed by atoms with Crippen LogP contribution in [0.5, 0.6) is 0 Å². The zero-order valence-corrected chi connectivity index (χ0v) is 11.2. The molecule has 3 N–H and O–H groups in total. The summed E-state index contributed by atoms with van der Waals surface area (Å²) in [7, 11) is 0. The molecule has 0 radical (unpaired) electrons. The second-order valence-corrected chi connectivity index (χ2v) is 4.67. The average molecular weight is 276 g/mol. The van der Waals surface area contributed by atoms with E-state index in [2.05, 4.69) is 10.6 Å². The average Bonchev–Trinajstić information content (AvgIpc) is 2.21. The van der Waals surface area contributed by atoms with Crippen molar-refractivity contribution in [3.05, 3.63) is 0 Å². The third kappa shape index (κ3) is 6.89. The number of nitrogens with one attached hydrogen (secondary N) is 2. The molecule has 0 heterocycles. The van der Waals surface area contributed by atoms with Crippen molar-refractivity contribution < 1.29 is 24.3 Å². The predicted molar refractivity (Wildman–Crippen MR) is 66.0 cm³/mol. The van der Waals surface area contributed by atoms with Gasteiger partial charge in [0, 0.05) is 19.6 Å². The molecule has 0 unspecified atom stereocenters. The smallest absolute Gasteiger partial charge is 0.327 e. The van der Waals surface area contributed by atoms with E-state index in [-0.39, 0.29) is 16.8 Å². The number of hydrogen-bond acceptors (Lipinski definition) is 5. The number of carboxylic acid groups (broad SMARTS) is 1. The molecule has 2 amide bonds. The first kappa shape index (κ1) is 16.4. The van der Waals surface area contributed by atoms with Crippen molar-refractivity contribution in [1.29, 1.82) is 0 Å². The van der Waals surface area contributed by atoms with Crippen LogP contribution < -0.4 is 10.6 Å². The van der Waals surface area contributed by atoms with Crippen molar-refractivity contribution in [2.45, 2.75) is 32.9 Å². The highest BCUT2D eigenvalue weighted by atomic mass is 32.2. The Labute approximate surface area is 109 Å². The fraction of sp³-hybridized carbons (Fsp3) is 0.600. The molecule has 0 aliphatic carbocycles. The lowest BCUT2D eigenvalue weighted by Crippen LogP contribution is -2.42. The first-order chi connectivity index (χ1) is 8.23. The standard InChI is InChI=1S/C10H16N2O5S/c1-5(11-6(2)13)10(17)18-4-8(9(15)16)12-7(3)14/h5,8H,4H2,1-3H3,(H,11,13)(H,12,14)(H,15,16)/t5-,8-/m0/s1. The minimum Gasteiger partial charge on any atom is -0.480 e. The van der Waals surface area contributed by atoms with Crippen LogP contribution in [-0.4, -0.2) is 45.8 Å². The van der Waals surface area contributed by atoms with E-state index >= 15 is 0 Å². The highest BCUT2D eigenvalue weighted by Gasteiger charge is 2.22. The highest BCUT2D eigenvalue weighted by Crippen LogP contribution is 2.08. The Balaban J connectivity index is 4.26. The Bertz CT molecular complexity index is 358. The largest absolute Gasteiger partial charge is 0.480 e. The second-order valence-electron chi connectivity index (χ2n) is 3.64. The normalized spacial score (nSPS) is 13.3. The van der Waals surface area contributed by atoms with Crippen LogP contribution in [0.15, 0.2) is 0 Å². The topological polar surface area (TPSA) is 113 Å². The summed E-state index contributed by atoms with van der Waals surface area (Å²) < 4.78 is 0. The summed E-state index contributed by atoms with van der Waals surface area (Å²) in [6.45, 7) is 3.99. The molecule has 0 saturated heterocycles. The number of aliphatic carboxylic acids is 1. The van der Waals surface area contributed by atoms with E-state index in [0.717, 1.165) is 11.8 Å². The van der Waals surface area contributed by atoms with Gasteiger partial charge in [0.05, 0.1) is 6.04 Å². The Hall–Kier alpha value is -1.57. The molecule has 0 aromatic carbocycles. The van der Waals surface area contributed by atoms with E-state index in [0.29, 0.717) is 0 Å². The molecule has 7 nitrogen and oxygen atoms in total. The van der Waals surface area contributed by atoms with E-state index in [1.807, 2.05) is 0 Å². The fourth-order valence-corrected chi connectivity index (χ4v) is 1.94. The van der Waals surface area contributed by atoms with Crippen LogP contribution in [-0.2, 0) is 19.2 Å². The van der Waals surface area contributed by atoms with Gasteiger partial charge in [-0.3, -0.25) is 14.4 Å². The summed E-state index contributed by atoms with van der Waals surface area (Å²) in [4.78, 5) is 43.8. The molecule has 8 heteroatoms. The summed E-state index contributed by atoms with van der Waals surface area (Å²) in [5.41, 5.74) is 0. The van der Waals surface area contributed by atoms with Gasteiger partial charge in [-0.05, 0) is 6.92 Å². The van der Waals surface area contributed by atoms with Crippen molar-refractivity contribution in [2.24, 2.45) is 0 Å². The molecule has 0 saturated carbocycles. The molecule has 0 aliphatic heterocycles. The summed E-state index contributed by atoms with van der Waals surface area (Å²) in [6.07, 6.45) is 0. The van der Waals surface area contributed by atoms with Crippen LogP contribution in [0.2, 0.25) is 0 Å². The lowest BCUT2D eigenvalue weighted by atomic mass is 10.3. The number of amides is 2. The molecule has 2 atom stereocenters. The quantitative estimate of drug-likeness (QED) is 0.595. The first-order valence-corrected chi connectivity index (χ1v) is 6.16. The molecule has 0 aliphatic rings. The minimum absolute atomic E-state index is 0.0856. The molecule has 0 fully saturated rings. The van der Waals surface area contributed by atoms with Crippen LogP contribution in [0, 0.1) is 0 Å². The van der Waals surface area contributed by atoms with Gasteiger partial charge in [-0.25, -0.2) is 4.79 Å². The van der Waals surface area contributed by atoms with E-state index in [4.69, 9.17) is 5.11 Å². The lowest BCUT2D eigenvalue weighted by molar-refractivity contribution is -0.140. The van der Waals surface area contributed by atoms with Crippen LogP contribution in [0.3, 0.4) is 0 Å². The molecule has 0 rings (SSSR count). The van der Waals surface area contributed by atoms with Crippen LogP contribution in [0.4, 0.5) is 0 Å². The maximum atomic E-state index is 11.5. The van der Waals surface area contributed by atoms with Crippen molar-refractivity contribution in [2.75, 3.05) is 5.75 Å². The van der Waals surface area contributed by atoms with Gasteiger partial charge >= 0.3 is 5.97 Å². The van der Waals surface area contributed by atoms with Crippen LogP contribution >= 0.6 is 11.8 Å². The number of thioether (sulfide) groups is 1. The zero-order valence-electron chi connectivity index (χ0n) is 10.4. The van der Waals surface area contributed by atoms with Gasteiger partial charge in [0.15, 0.2) is 0 Å². The predicted octanol–water partition coefficient (Wildman–Crippen LogP) is -0.640. The molecule has 0 aromatic heterocycles. The Morgan fingerprint density at radius 3 is 2.00 bits per heavy atom. The highest BCUT2D eigenvalue weighted by molar-refractivity contribution is 8.13. The monoisotopic (exact) mass is 276 g/mol. The minimum atomic E-state index is -1.21. The van der Waals surface area contributed by atoms with Gasteiger partial charge in [0.25, 0.3) is 0 Å². The van der Waals surface area contributed by atoms with Crippen molar-refractivity contribution in [3.63, 3.8) is 0 Å². The second kappa shape index (κ2) is 7.70.